The zero-order valence-electron chi connectivity index (χ0n) is 16.1. The van der Waals surface area contributed by atoms with Gasteiger partial charge in [-0.1, -0.05) is 30.3 Å². The van der Waals surface area contributed by atoms with E-state index in [1.807, 2.05) is 0 Å². The van der Waals surface area contributed by atoms with Crippen molar-refractivity contribution in [3.63, 3.8) is 0 Å². The van der Waals surface area contributed by atoms with Crippen LogP contribution >= 0.6 is 0 Å². The summed E-state index contributed by atoms with van der Waals surface area (Å²) in [4.78, 5) is 39.5. The fourth-order valence-corrected chi connectivity index (χ4v) is 5.06. The van der Waals surface area contributed by atoms with Crippen LogP contribution in [0.2, 0.25) is 0 Å². The molecular formula is C21H21N3O5S. The molecule has 1 saturated heterocycles. The Morgan fingerprint density at radius 1 is 1.07 bits per heavy atom. The molecule has 2 aromatic carbocycles. The van der Waals surface area contributed by atoms with Crippen LogP contribution in [-0.4, -0.2) is 55.4 Å². The molecule has 2 aliphatic heterocycles. The van der Waals surface area contributed by atoms with Crippen LogP contribution in [0.5, 0.6) is 0 Å². The molecule has 0 unspecified atom stereocenters. The van der Waals surface area contributed by atoms with Crippen LogP contribution in [0.3, 0.4) is 0 Å². The molecule has 3 amide bonds. The molecule has 0 aromatic heterocycles. The summed E-state index contributed by atoms with van der Waals surface area (Å²) in [5.41, 5.74) is 0.904. The monoisotopic (exact) mass is 427 g/mol. The van der Waals surface area contributed by atoms with E-state index in [-0.39, 0.29) is 23.1 Å². The third kappa shape index (κ3) is 3.93. The maximum atomic E-state index is 12.9. The van der Waals surface area contributed by atoms with Crippen molar-refractivity contribution in [1.82, 2.24) is 10.2 Å². The number of nitrogens with zero attached hydrogens (tertiary/aromatic N) is 1. The highest BCUT2D eigenvalue weighted by molar-refractivity contribution is 7.92. The number of rotatable bonds is 4. The molecule has 2 atom stereocenters. The van der Waals surface area contributed by atoms with Gasteiger partial charge in [-0.05, 0) is 37.1 Å². The molecule has 30 heavy (non-hydrogen) atoms. The molecule has 9 heteroatoms. The Kier molecular flexibility index (Phi) is 5.29. The molecule has 2 heterocycles. The number of carbonyl (C=O) groups is 3. The Bertz CT molecular complexity index is 1100. The van der Waals surface area contributed by atoms with Crippen molar-refractivity contribution in [1.29, 1.82) is 0 Å². The third-order valence-electron chi connectivity index (χ3n) is 5.37. The standard InChI is InChI=1S/C21H21N3O5S/c25-19(13-30(28,29)15-6-2-1-3-7-15)22-14-10-11-24-18(12-14)20(26)23-17-9-5-4-8-16(17)21(24)27/h1-9,14,18H,10-13H2,(H,22,25)(H,23,26)/t14-,18+/m1/s1. The predicted molar refractivity (Wildman–Crippen MR) is 110 cm³/mol. The molecule has 0 bridgehead atoms. The van der Waals surface area contributed by atoms with Crippen LogP contribution in [0.15, 0.2) is 59.5 Å². The molecule has 0 spiro atoms. The number of fused-ring (bicyclic) bond motifs is 2. The number of anilines is 1. The van der Waals surface area contributed by atoms with Gasteiger partial charge in [-0.25, -0.2) is 8.42 Å². The minimum Gasteiger partial charge on any atom is -0.352 e. The largest absolute Gasteiger partial charge is 0.352 e. The van der Waals surface area contributed by atoms with Crippen molar-refractivity contribution in [3.05, 3.63) is 60.2 Å². The first-order valence-electron chi connectivity index (χ1n) is 9.63. The van der Waals surface area contributed by atoms with Gasteiger partial charge in [0, 0.05) is 12.6 Å². The van der Waals surface area contributed by atoms with Crippen molar-refractivity contribution < 1.29 is 22.8 Å². The molecule has 2 aromatic rings. The molecule has 1 fully saturated rings. The third-order valence-corrected chi connectivity index (χ3v) is 7.00. The van der Waals surface area contributed by atoms with Crippen LogP contribution in [0, 0.1) is 0 Å². The molecule has 4 rings (SSSR count). The maximum Gasteiger partial charge on any atom is 0.256 e. The predicted octanol–water partition coefficient (Wildman–Crippen LogP) is 1.20. The van der Waals surface area contributed by atoms with Crippen LogP contribution < -0.4 is 10.6 Å². The summed E-state index contributed by atoms with van der Waals surface area (Å²) in [5.74, 6) is -1.84. The number of amides is 3. The molecule has 2 N–H and O–H groups in total. The minimum absolute atomic E-state index is 0.0847. The Hall–Kier alpha value is -3.20. The van der Waals surface area contributed by atoms with E-state index >= 15 is 0 Å². The second-order valence-corrected chi connectivity index (χ2v) is 9.40. The fourth-order valence-electron chi connectivity index (χ4n) is 3.89. The van der Waals surface area contributed by atoms with Gasteiger partial charge in [-0.15, -0.1) is 0 Å². The number of nitrogens with one attached hydrogen (secondary N) is 2. The van der Waals surface area contributed by atoms with Gasteiger partial charge in [0.2, 0.25) is 11.8 Å². The summed E-state index contributed by atoms with van der Waals surface area (Å²) >= 11 is 0. The van der Waals surface area contributed by atoms with E-state index in [0.717, 1.165) is 0 Å². The minimum atomic E-state index is -3.75. The van der Waals surface area contributed by atoms with Crippen LogP contribution in [0.4, 0.5) is 5.69 Å². The lowest BCUT2D eigenvalue weighted by atomic mass is 9.96. The van der Waals surface area contributed by atoms with E-state index in [1.54, 1.807) is 42.5 Å². The lowest BCUT2D eigenvalue weighted by Crippen LogP contribution is -2.55. The summed E-state index contributed by atoms with van der Waals surface area (Å²) in [6.45, 7) is 0.293. The maximum absolute atomic E-state index is 12.9. The SMILES string of the molecule is O=C(CS(=O)(=O)c1ccccc1)N[C@@H]1CCN2C(=O)c3ccccc3NC(=O)[C@@H]2C1. The molecular weight excluding hydrogens is 406 g/mol. The van der Waals surface area contributed by atoms with Gasteiger partial charge in [0.25, 0.3) is 5.91 Å². The first kappa shape index (κ1) is 20.1. The van der Waals surface area contributed by atoms with Gasteiger partial charge < -0.3 is 15.5 Å². The first-order valence-corrected chi connectivity index (χ1v) is 11.3. The van der Waals surface area contributed by atoms with E-state index in [4.69, 9.17) is 0 Å². The van der Waals surface area contributed by atoms with Crippen molar-refractivity contribution in [2.75, 3.05) is 17.6 Å². The molecule has 156 valence electrons. The number of sulfone groups is 1. The highest BCUT2D eigenvalue weighted by Crippen LogP contribution is 2.28. The number of para-hydroxylation sites is 1. The molecule has 8 nitrogen and oxygen atoms in total. The second-order valence-electron chi connectivity index (χ2n) is 7.41. The summed E-state index contributed by atoms with van der Waals surface area (Å²) in [7, 11) is -3.75. The quantitative estimate of drug-likeness (QED) is 0.761. The Balaban J connectivity index is 1.44. The van der Waals surface area contributed by atoms with Gasteiger partial charge in [-0.2, -0.15) is 0 Å². The van der Waals surface area contributed by atoms with Gasteiger partial charge in [-0.3, -0.25) is 14.4 Å². The van der Waals surface area contributed by atoms with Crippen molar-refractivity contribution >= 4 is 33.2 Å². The normalized spacial score (nSPS) is 21.1. The fraction of sp³-hybridized carbons (Fsp3) is 0.286. The van der Waals surface area contributed by atoms with E-state index in [2.05, 4.69) is 10.6 Å². The lowest BCUT2D eigenvalue weighted by molar-refractivity contribution is -0.124. The summed E-state index contributed by atoms with van der Waals surface area (Å²) in [6, 6.07) is 13.5. The zero-order valence-corrected chi connectivity index (χ0v) is 16.9. The van der Waals surface area contributed by atoms with E-state index in [9.17, 15) is 22.8 Å². The van der Waals surface area contributed by atoms with Crippen molar-refractivity contribution in [2.24, 2.45) is 0 Å². The molecule has 2 aliphatic rings. The molecule has 0 radical (unpaired) electrons. The number of hydrogen-bond acceptors (Lipinski definition) is 5. The topological polar surface area (TPSA) is 113 Å². The highest BCUT2D eigenvalue weighted by Gasteiger charge is 2.40. The van der Waals surface area contributed by atoms with E-state index in [1.165, 1.54) is 17.0 Å². The van der Waals surface area contributed by atoms with Crippen LogP contribution in [0.1, 0.15) is 23.2 Å². The molecule has 0 aliphatic carbocycles. The van der Waals surface area contributed by atoms with Crippen LogP contribution in [-0.2, 0) is 19.4 Å². The van der Waals surface area contributed by atoms with E-state index in [0.29, 0.717) is 24.2 Å². The Labute approximate surface area is 174 Å². The average molecular weight is 427 g/mol. The average Bonchev–Trinajstić information content (AvgIpc) is 2.83. The van der Waals surface area contributed by atoms with Gasteiger partial charge in [0.15, 0.2) is 9.84 Å². The van der Waals surface area contributed by atoms with Crippen molar-refractivity contribution in [2.45, 2.75) is 29.8 Å². The number of piperidine rings is 1. The Morgan fingerprint density at radius 3 is 2.53 bits per heavy atom. The summed E-state index contributed by atoms with van der Waals surface area (Å²) in [5, 5.41) is 5.49. The van der Waals surface area contributed by atoms with Gasteiger partial charge >= 0.3 is 0 Å². The summed E-state index contributed by atoms with van der Waals surface area (Å²) in [6.07, 6.45) is 0.664. The van der Waals surface area contributed by atoms with E-state index < -0.39 is 33.6 Å². The lowest BCUT2D eigenvalue weighted by Gasteiger charge is -2.37. The van der Waals surface area contributed by atoms with Gasteiger partial charge in [0.1, 0.15) is 11.8 Å². The number of hydrogen-bond donors (Lipinski definition) is 2. The summed E-state index contributed by atoms with van der Waals surface area (Å²) < 4.78 is 24.8. The van der Waals surface area contributed by atoms with Gasteiger partial charge in [0.05, 0.1) is 16.1 Å². The second kappa shape index (κ2) is 7.91. The van der Waals surface area contributed by atoms with Crippen molar-refractivity contribution in [3.8, 4) is 0 Å². The smallest absolute Gasteiger partial charge is 0.256 e. The zero-order chi connectivity index (χ0) is 21.3. The molecule has 0 saturated carbocycles. The Morgan fingerprint density at radius 2 is 1.77 bits per heavy atom. The first-order chi connectivity index (χ1) is 14.3. The van der Waals surface area contributed by atoms with Crippen LogP contribution in [0.25, 0.3) is 0 Å². The highest BCUT2D eigenvalue weighted by atomic mass is 32.2. The number of benzene rings is 2. The number of carbonyl (C=O) groups excluding carboxylic acids is 3.